The lowest BCUT2D eigenvalue weighted by Crippen LogP contribution is -2.29. The van der Waals surface area contributed by atoms with Crippen molar-refractivity contribution in [2.75, 3.05) is 26.4 Å². The second-order valence-corrected chi connectivity index (χ2v) is 18.4. The molecule has 2 unspecified atom stereocenters. The summed E-state index contributed by atoms with van der Waals surface area (Å²) < 4.78 is 32.8. The molecule has 0 fully saturated rings. The minimum atomic E-state index is -4.40. The summed E-state index contributed by atoms with van der Waals surface area (Å²) in [5.74, 6) is -0.927. The fraction of sp³-hybridized carbons (Fsp3) is 0.649. The molecule has 9 nitrogen and oxygen atoms in total. The van der Waals surface area contributed by atoms with E-state index < -0.39 is 32.5 Å². The second kappa shape index (κ2) is 52.0. The number of hydrogen-bond acceptors (Lipinski definition) is 8. The van der Waals surface area contributed by atoms with Crippen molar-refractivity contribution >= 4 is 19.8 Å². The molecule has 3 N–H and O–H groups in total. The number of phosphoric ester groups is 1. The van der Waals surface area contributed by atoms with Gasteiger partial charge >= 0.3 is 19.8 Å². The lowest BCUT2D eigenvalue weighted by molar-refractivity contribution is -0.161. The van der Waals surface area contributed by atoms with Gasteiger partial charge in [0.15, 0.2) is 6.10 Å². The van der Waals surface area contributed by atoms with E-state index in [2.05, 4.69) is 111 Å². The molecule has 0 amide bonds. The Labute approximate surface area is 409 Å². The van der Waals surface area contributed by atoms with Gasteiger partial charge in [-0.3, -0.25) is 18.6 Å². The van der Waals surface area contributed by atoms with Gasteiger partial charge in [0.2, 0.25) is 0 Å². The summed E-state index contributed by atoms with van der Waals surface area (Å²) in [7, 11) is -4.40. The summed E-state index contributed by atoms with van der Waals surface area (Å²) in [5, 5.41) is 0. The maximum absolute atomic E-state index is 12.6. The van der Waals surface area contributed by atoms with Gasteiger partial charge in [-0.15, -0.1) is 0 Å². The molecule has 0 rings (SSSR count). The lowest BCUT2D eigenvalue weighted by Gasteiger charge is -2.19. The maximum Gasteiger partial charge on any atom is 0.472 e. The van der Waals surface area contributed by atoms with Crippen molar-refractivity contribution in [3.63, 3.8) is 0 Å². The smallest absolute Gasteiger partial charge is 0.462 e. The van der Waals surface area contributed by atoms with Crippen LogP contribution >= 0.6 is 7.82 Å². The molecule has 67 heavy (non-hydrogen) atoms. The highest BCUT2D eigenvalue weighted by atomic mass is 31.2. The van der Waals surface area contributed by atoms with E-state index in [-0.39, 0.29) is 32.6 Å². The summed E-state index contributed by atoms with van der Waals surface area (Å²) >= 11 is 0. The minimum absolute atomic E-state index is 0.0405. The molecule has 382 valence electrons. The molecule has 10 heteroatoms. The number of carbonyl (C=O) groups excluding carboxylic acids is 2. The zero-order valence-corrected chi connectivity index (χ0v) is 43.2. The third-order valence-electron chi connectivity index (χ3n) is 10.7. The predicted molar refractivity (Wildman–Crippen MR) is 284 cm³/mol. The molecule has 0 aromatic heterocycles. The first-order valence-electron chi connectivity index (χ1n) is 26.4. The number of phosphoric acid groups is 1. The number of esters is 2. The van der Waals surface area contributed by atoms with E-state index in [1.54, 1.807) is 0 Å². The standard InChI is InChI=1S/C57H96NO8P/c1-3-5-7-9-11-13-15-17-18-19-20-21-22-23-24-25-26-27-28-29-30-31-32-33-34-35-36-38-40-42-44-46-48-50-57(60)66-55(54-65-67(61,62)64-52-51-58)53-63-56(59)49-47-45-43-41-39-37-16-14-12-10-8-6-4-2/h5-8,11-14,17-18,20-21,23-24,37,39,43,45,55H,3-4,9-10,15-16,19,22,25-36,38,40-42,44,46-54,58H2,1-2H3,(H,61,62)/b7-5-,8-6-,13-11-,14-12-,18-17-,21-20-,24-23-,39-37-,45-43-. The molecule has 0 spiro atoms. The second-order valence-electron chi connectivity index (χ2n) is 17.0. The van der Waals surface area contributed by atoms with E-state index in [0.717, 1.165) is 77.0 Å². The highest BCUT2D eigenvalue weighted by molar-refractivity contribution is 7.47. The normalized spacial score (nSPS) is 14.0. The molecule has 2 atom stereocenters. The van der Waals surface area contributed by atoms with Crippen LogP contribution in [-0.4, -0.2) is 49.3 Å². The van der Waals surface area contributed by atoms with Gasteiger partial charge in [-0.2, -0.15) is 0 Å². The summed E-state index contributed by atoms with van der Waals surface area (Å²) in [4.78, 5) is 34.9. The summed E-state index contributed by atoms with van der Waals surface area (Å²) in [5.41, 5.74) is 5.36. The zero-order chi connectivity index (χ0) is 48.8. The van der Waals surface area contributed by atoms with Gasteiger partial charge in [-0.1, -0.05) is 220 Å². The molecule has 0 saturated carbocycles. The SMILES string of the molecule is CC/C=C\C/C=C\C/C=C\C/C=C\C/C=C\CCCCCCCCCCCCCCCCCCCC(=O)OC(COC(=O)CC/C=C\C/C=C\C/C=C\C/C=C\CC)COP(=O)(O)OCCN. The van der Waals surface area contributed by atoms with Crippen molar-refractivity contribution in [1.82, 2.24) is 0 Å². The topological polar surface area (TPSA) is 134 Å². The van der Waals surface area contributed by atoms with E-state index in [0.29, 0.717) is 12.8 Å². The fourth-order valence-corrected chi connectivity index (χ4v) is 7.62. The first kappa shape index (κ1) is 63.7. The van der Waals surface area contributed by atoms with E-state index in [1.807, 2.05) is 12.2 Å². The van der Waals surface area contributed by atoms with Gasteiger partial charge in [0.25, 0.3) is 0 Å². The third-order valence-corrected chi connectivity index (χ3v) is 11.7. The van der Waals surface area contributed by atoms with Crippen LogP contribution in [0.25, 0.3) is 0 Å². The van der Waals surface area contributed by atoms with Crippen molar-refractivity contribution in [2.24, 2.45) is 5.73 Å². The van der Waals surface area contributed by atoms with Crippen molar-refractivity contribution < 1.29 is 37.6 Å². The number of nitrogens with two attached hydrogens (primary N) is 1. The Morgan fingerprint density at radius 3 is 1.21 bits per heavy atom. The molecular weight excluding hydrogens is 858 g/mol. The zero-order valence-electron chi connectivity index (χ0n) is 42.3. The van der Waals surface area contributed by atoms with Crippen LogP contribution in [0, 0.1) is 0 Å². The quantitative estimate of drug-likeness (QED) is 0.0264. The number of allylic oxidation sites excluding steroid dienone is 18. The predicted octanol–water partition coefficient (Wildman–Crippen LogP) is 16.3. The molecule has 0 heterocycles. The van der Waals surface area contributed by atoms with Crippen LogP contribution in [0.3, 0.4) is 0 Å². The van der Waals surface area contributed by atoms with Gasteiger partial charge in [-0.05, 0) is 83.5 Å². The molecule has 0 saturated heterocycles. The van der Waals surface area contributed by atoms with Gasteiger partial charge in [0.1, 0.15) is 6.61 Å². The summed E-state index contributed by atoms with van der Waals surface area (Å²) in [6, 6.07) is 0. The van der Waals surface area contributed by atoms with Gasteiger partial charge < -0.3 is 20.1 Å². The van der Waals surface area contributed by atoms with Crippen LogP contribution in [0.2, 0.25) is 0 Å². The maximum atomic E-state index is 12.6. The largest absolute Gasteiger partial charge is 0.472 e. The Bertz CT molecular complexity index is 1460. The monoisotopic (exact) mass is 954 g/mol. The molecule has 0 aliphatic heterocycles. The van der Waals surface area contributed by atoms with E-state index in [4.69, 9.17) is 24.3 Å². The van der Waals surface area contributed by atoms with Crippen molar-refractivity contribution in [3.05, 3.63) is 109 Å². The first-order chi connectivity index (χ1) is 32.8. The van der Waals surface area contributed by atoms with Gasteiger partial charge in [0, 0.05) is 19.4 Å². The molecule has 0 bridgehead atoms. The molecule has 0 aliphatic rings. The van der Waals surface area contributed by atoms with Crippen molar-refractivity contribution in [1.29, 1.82) is 0 Å². The van der Waals surface area contributed by atoms with Crippen LogP contribution in [0.1, 0.15) is 206 Å². The Kier molecular flexibility index (Phi) is 49.5. The number of unbranched alkanes of at least 4 members (excludes halogenated alkanes) is 17. The summed E-state index contributed by atoms with van der Waals surface area (Å²) in [6.07, 6.45) is 70.3. The Hall–Kier alpha value is -3.33. The van der Waals surface area contributed by atoms with Crippen LogP contribution in [-0.2, 0) is 32.7 Å². The number of rotatable bonds is 48. The molecule has 0 aromatic carbocycles. The van der Waals surface area contributed by atoms with Crippen molar-refractivity contribution in [3.8, 4) is 0 Å². The van der Waals surface area contributed by atoms with Crippen LogP contribution in [0.5, 0.6) is 0 Å². The summed E-state index contributed by atoms with van der Waals surface area (Å²) in [6.45, 7) is 3.41. The Morgan fingerprint density at radius 2 is 0.806 bits per heavy atom. The molecular formula is C57H96NO8P. The molecule has 0 aliphatic carbocycles. The average molecular weight is 954 g/mol. The highest BCUT2D eigenvalue weighted by Gasteiger charge is 2.26. The van der Waals surface area contributed by atoms with Gasteiger partial charge in [0.05, 0.1) is 13.2 Å². The highest BCUT2D eigenvalue weighted by Crippen LogP contribution is 2.43. The Morgan fingerprint density at radius 1 is 0.448 bits per heavy atom. The fourth-order valence-electron chi connectivity index (χ4n) is 6.85. The first-order valence-corrected chi connectivity index (χ1v) is 27.9. The number of carbonyl (C=O) groups is 2. The molecule has 0 aromatic rings. The van der Waals surface area contributed by atoms with E-state index in [9.17, 15) is 19.0 Å². The van der Waals surface area contributed by atoms with Gasteiger partial charge in [-0.25, -0.2) is 4.57 Å². The van der Waals surface area contributed by atoms with Crippen LogP contribution in [0.4, 0.5) is 0 Å². The number of ether oxygens (including phenoxy) is 2. The number of hydrogen-bond donors (Lipinski definition) is 2. The third kappa shape index (κ3) is 51.9. The average Bonchev–Trinajstić information content (AvgIpc) is 3.32. The Balaban J connectivity index is 3.95. The lowest BCUT2D eigenvalue weighted by atomic mass is 10.0. The van der Waals surface area contributed by atoms with Crippen LogP contribution < -0.4 is 5.73 Å². The minimum Gasteiger partial charge on any atom is -0.462 e. The van der Waals surface area contributed by atoms with E-state index in [1.165, 1.54) is 89.9 Å². The van der Waals surface area contributed by atoms with Crippen LogP contribution in [0.15, 0.2) is 109 Å². The van der Waals surface area contributed by atoms with E-state index >= 15 is 0 Å². The van der Waals surface area contributed by atoms with Crippen molar-refractivity contribution in [2.45, 2.75) is 213 Å². The molecule has 0 radical (unpaired) electrons.